The van der Waals surface area contributed by atoms with E-state index in [4.69, 9.17) is 15.7 Å². The maximum Gasteiger partial charge on any atom is 0.239 e. The van der Waals surface area contributed by atoms with Crippen LogP contribution in [0, 0.1) is 23.2 Å². The Morgan fingerprint density at radius 2 is 2.14 bits per heavy atom. The van der Waals surface area contributed by atoms with Crippen LogP contribution in [0.2, 0.25) is 0 Å². The van der Waals surface area contributed by atoms with Crippen molar-refractivity contribution in [3.63, 3.8) is 0 Å². The Hall–Kier alpha value is -1.90. The van der Waals surface area contributed by atoms with Crippen molar-refractivity contribution in [2.45, 2.75) is 32.4 Å². The summed E-state index contributed by atoms with van der Waals surface area (Å²) in [5.41, 5.74) is 6.87. The SMILES string of the molecule is CC(C)[C@H]1OCC[C@@H]1CNC(C(N)=O)c1ccc(C#N)cc1. The number of nitrogens with zero attached hydrogens (tertiary/aromatic N) is 1. The minimum atomic E-state index is -0.541. The quantitative estimate of drug-likeness (QED) is 0.837. The van der Waals surface area contributed by atoms with Gasteiger partial charge in [0.05, 0.1) is 17.7 Å². The number of primary amides is 1. The van der Waals surface area contributed by atoms with Crippen molar-refractivity contribution < 1.29 is 9.53 Å². The highest BCUT2D eigenvalue weighted by molar-refractivity contribution is 5.81. The third kappa shape index (κ3) is 3.85. The normalized spacial score (nSPS) is 22.5. The molecule has 1 aromatic rings. The molecule has 2 rings (SSSR count). The largest absolute Gasteiger partial charge is 0.378 e. The number of hydrogen-bond acceptors (Lipinski definition) is 4. The maximum atomic E-state index is 11.7. The second-order valence-electron chi connectivity index (χ2n) is 6.11. The first-order valence-corrected chi connectivity index (χ1v) is 7.67. The van der Waals surface area contributed by atoms with Crippen molar-refractivity contribution in [2.24, 2.45) is 17.6 Å². The molecule has 0 saturated carbocycles. The van der Waals surface area contributed by atoms with Gasteiger partial charge in [0.2, 0.25) is 5.91 Å². The lowest BCUT2D eigenvalue weighted by molar-refractivity contribution is -0.120. The smallest absolute Gasteiger partial charge is 0.239 e. The molecule has 118 valence electrons. The maximum absolute atomic E-state index is 11.7. The van der Waals surface area contributed by atoms with Gasteiger partial charge in [0.1, 0.15) is 6.04 Å². The molecule has 0 bridgehead atoms. The van der Waals surface area contributed by atoms with E-state index in [1.165, 1.54) is 0 Å². The van der Waals surface area contributed by atoms with Crippen LogP contribution in [0.5, 0.6) is 0 Å². The lowest BCUT2D eigenvalue weighted by Gasteiger charge is -2.24. The zero-order valence-corrected chi connectivity index (χ0v) is 13.1. The van der Waals surface area contributed by atoms with Gasteiger partial charge in [-0.3, -0.25) is 4.79 Å². The highest BCUT2D eigenvalue weighted by Crippen LogP contribution is 2.27. The number of benzene rings is 1. The summed E-state index contributed by atoms with van der Waals surface area (Å²) in [7, 11) is 0. The Labute approximate surface area is 131 Å². The van der Waals surface area contributed by atoms with Gasteiger partial charge in [0.15, 0.2) is 0 Å². The molecule has 1 aliphatic rings. The molecule has 1 fully saturated rings. The third-order valence-electron chi connectivity index (χ3n) is 4.16. The number of carbonyl (C=O) groups is 1. The monoisotopic (exact) mass is 301 g/mol. The molecule has 3 atom stereocenters. The van der Waals surface area contributed by atoms with Crippen LogP contribution in [-0.2, 0) is 9.53 Å². The van der Waals surface area contributed by atoms with E-state index < -0.39 is 11.9 Å². The van der Waals surface area contributed by atoms with E-state index in [-0.39, 0.29) is 6.10 Å². The molecule has 0 aliphatic carbocycles. The number of rotatable bonds is 6. The first-order chi connectivity index (χ1) is 10.5. The summed E-state index contributed by atoms with van der Waals surface area (Å²) in [4.78, 5) is 11.7. The number of ether oxygens (including phenoxy) is 1. The Bertz CT molecular complexity index is 548. The summed E-state index contributed by atoms with van der Waals surface area (Å²) >= 11 is 0. The molecule has 1 amide bonds. The van der Waals surface area contributed by atoms with E-state index in [0.29, 0.717) is 23.9 Å². The molecule has 0 aromatic heterocycles. The second-order valence-corrected chi connectivity index (χ2v) is 6.11. The van der Waals surface area contributed by atoms with Crippen LogP contribution in [-0.4, -0.2) is 25.2 Å². The molecule has 5 heteroatoms. The molecule has 5 nitrogen and oxygen atoms in total. The molecule has 1 aliphatic heterocycles. The molecule has 1 saturated heterocycles. The average Bonchev–Trinajstić information content (AvgIpc) is 2.96. The summed E-state index contributed by atoms with van der Waals surface area (Å²) in [5, 5.41) is 12.1. The predicted octanol–water partition coefficient (Wildman–Crippen LogP) is 1.74. The number of nitrogens with one attached hydrogen (secondary N) is 1. The van der Waals surface area contributed by atoms with Gasteiger partial charge < -0.3 is 15.8 Å². The van der Waals surface area contributed by atoms with Gasteiger partial charge in [-0.25, -0.2) is 0 Å². The van der Waals surface area contributed by atoms with Crippen molar-refractivity contribution in [3.8, 4) is 6.07 Å². The van der Waals surface area contributed by atoms with Crippen LogP contribution >= 0.6 is 0 Å². The van der Waals surface area contributed by atoms with Crippen molar-refractivity contribution in [1.29, 1.82) is 5.26 Å². The first kappa shape index (κ1) is 16.5. The van der Waals surface area contributed by atoms with Gasteiger partial charge in [0, 0.05) is 19.1 Å². The topological polar surface area (TPSA) is 88.1 Å². The first-order valence-electron chi connectivity index (χ1n) is 7.67. The van der Waals surface area contributed by atoms with E-state index in [1.807, 2.05) is 0 Å². The summed E-state index contributed by atoms with van der Waals surface area (Å²) in [5.74, 6) is 0.432. The van der Waals surface area contributed by atoms with Gasteiger partial charge in [-0.15, -0.1) is 0 Å². The molecule has 0 spiro atoms. The molecule has 0 radical (unpaired) electrons. The van der Waals surface area contributed by atoms with Gasteiger partial charge >= 0.3 is 0 Å². The average molecular weight is 301 g/mol. The molecule has 1 unspecified atom stereocenters. The lowest BCUT2D eigenvalue weighted by Crippen LogP contribution is -2.39. The van der Waals surface area contributed by atoms with Crippen LogP contribution in [0.3, 0.4) is 0 Å². The number of nitrogens with two attached hydrogens (primary N) is 1. The number of hydrogen-bond donors (Lipinski definition) is 2. The number of carbonyl (C=O) groups excluding carboxylic acids is 1. The molecule has 3 N–H and O–H groups in total. The summed E-state index contributed by atoms with van der Waals surface area (Å²) in [6, 6.07) is 8.46. The lowest BCUT2D eigenvalue weighted by atomic mass is 9.92. The molecular formula is C17H23N3O2. The molecule has 1 heterocycles. The summed E-state index contributed by atoms with van der Waals surface area (Å²) < 4.78 is 5.76. The standard InChI is InChI=1S/C17H23N3O2/c1-11(2)16-14(7-8-22-16)10-20-15(17(19)21)13-5-3-12(9-18)4-6-13/h3-6,11,14-16,20H,7-8,10H2,1-2H3,(H2,19,21)/t14-,15?,16-/m1/s1. The molecule has 1 aromatic carbocycles. The van der Waals surface area contributed by atoms with Gasteiger partial charge in [-0.1, -0.05) is 26.0 Å². The Morgan fingerprint density at radius 3 is 2.68 bits per heavy atom. The highest BCUT2D eigenvalue weighted by atomic mass is 16.5. The molecule has 22 heavy (non-hydrogen) atoms. The van der Waals surface area contributed by atoms with Crippen LogP contribution in [0.1, 0.15) is 37.4 Å². The van der Waals surface area contributed by atoms with Crippen LogP contribution in [0.4, 0.5) is 0 Å². The molecular weight excluding hydrogens is 278 g/mol. The summed E-state index contributed by atoms with van der Waals surface area (Å²) in [6.45, 7) is 5.76. The number of nitriles is 1. The summed E-state index contributed by atoms with van der Waals surface area (Å²) in [6.07, 6.45) is 1.22. The van der Waals surface area contributed by atoms with Crippen molar-refractivity contribution in [1.82, 2.24) is 5.32 Å². The van der Waals surface area contributed by atoms with Gasteiger partial charge in [-0.05, 0) is 30.0 Å². The van der Waals surface area contributed by atoms with E-state index in [1.54, 1.807) is 24.3 Å². The second kappa shape index (κ2) is 7.39. The fourth-order valence-electron chi connectivity index (χ4n) is 3.01. The fourth-order valence-corrected chi connectivity index (χ4v) is 3.01. The van der Waals surface area contributed by atoms with Crippen LogP contribution < -0.4 is 11.1 Å². The minimum Gasteiger partial charge on any atom is -0.378 e. The van der Waals surface area contributed by atoms with Gasteiger partial charge in [-0.2, -0.15) is 5.26 Å². The van der Waals surface area contributed by atoms with E-state index >= 15 is 0 Å². The third-order valence-corrected chi connectivity index (χ3v) is 4.16. The predicted molar refractivity (Wildman–Crippen MR) is 83.8 cm³/mol. The van der Waals surface area contributed by atoms with Crippen molar-refractivity contribution in [2.75, 3.05) is 13.2 Å². The van der Waals surface area contributed by atoms with Crippen molar-refractivity contribution >= 4 is 5.91 Å². The minimum absolute atomic E-state index is 0.224. The number of amides is 1. The van der Waals surface area contributed by atoms with E-state index in [9.17, 15) is 4.79 Å². The van der Waals surface area contributed by atoms with E-state index in [0.717, 1.165) is 18.6 Å². The zero-order chi connectivity index (χ0) is 16.1. The Kier molecular flexibility index (Phi) is 5.53. The fraction of sp³-hybridized carbons (Fsp3) is 0.529. The highest BCUT2D eigenvalue weighted by Gasteiger charge is 2.31. The van der Waals surface area contributed by atoms with Crippen molar-refractivity contribution in [3.05, 3.63) is 35.4 Å². The van der Waals surface area contributed by atoms with Gasteiger partial charge in [0.25, 0.3) is 0 Å². The van der Waals surface area contributed by atoms with Crippen LogP contribution in [0.25, 0.3) is 0 Å². The zero-order valence-electron chi connectivity index (χ0n) is 13.1. The Balaban J connectivity index is 2.03. The Morgan fingerprint density at radius 1 is 1.45 bits per heavy atom. The van der Waals surface area contributed by atoms with Crippen LogP contribution in [0.15, 0.2) is 24.3 Å². The van der Waals surface area contributed by atoms with E-state index in [2.05, 4.69) is 25.2 Å².